The van der Waals surface area contributed by atoms with Crippen LogP contribution in [0.25, 0.3) is 0 Å². The summed E-state index contributed by atoms with van der Waals surface area (Å²) in [6, 6.07) is 11.5. The molecule has 0 radical (unpaired) electrons. The van der Waals surface area contributed by atoms with Gasteiger partial charge in [0.2, 0.25) is 0 Å². The van der Waals surface area contributed by atoms with Gasteiger partial charge in [-0.05, 0) is 94.4 Å². The van der Waals surface area contributed by atoms with Crippen molar-refractivity contribution in [1.29, 1.82) is 5.26 Å². The highest BCUT2D eigenvalue weighted by Gasteiger charge is 2.38. The smallest absolute Gasteiger partial charge is 0.252 e. The molecule has 2 rings (SSSR count). The first-order valence-corrected chi connectivity index (χ1v) is 14.0. The van der Waals surface area contributed by atoms with Crippen LogP contribution in [0, 0.1) is 17.2 Å². The molecule has 0 bridgehead atoms. The van der Waals surface area contributed by atoms with Crippen LogP contribution in [0.1, 0.15) is 68.9 Å². The third kappa shape index (κ3) is 8.75. The zero-order chi connectivity index (χ0) is 30.8. The van der Waals surface area contributed by atoms with Crippen LogP contribution < -0.4 is 29.6 Å². The molecule has 2 unspecified atom stereocenters. The average molecular weight is 570 g/mol. The lowest BCUT2D eigenvalue weighted by Gasteiger charge is -2.33. The van der Waals surface area contributed by atoms with Gasteiger partial charge in [0, 0.05) is 11.1 Å². The highest BCUT2D eigenvalue weighted by atomic mass is 16.5. The molecule has 2 atom stereocenters. The lowest BCUT2D eigenvalue weighted by Crippen LogP contribution is -2.41. The van der Waals surface area contributed by atoms with Crippen molar-refractivity contribution in [3.8, 4) is 29.1 Å². The van der Waals surface area contributed by atoms with E-state index in [1.807, 2.05) is 52.8 Å². The molecule has 2 aromatic carbocycles. The number of hydrogen-bond acceptors (Lipinski definition) is 8. The Bertz CT molecular complexity index is 1200. The molecule has 0 aliphatic heterocycles. The van der Waals surface area contributed by atoms with Crippen molar-refractivity contribution in [2.75, 3.05) is 41.5 Å². The Morgan fingerprint density at radius 2 is 1.51 bits per heavy atom. The summed E-state index contributed by atoms with van der Waals surface area (Å²) in [6.07, 6.45) is 0.618. The van der Waals surface area contributed by atoms with E-state index in [4.69, 9.17) is 18.9 Å². The summed E-state index contributed by atoms with van der Waals surface area (Å²) < 4.78 is 21.7. The van der Waals surface area contributed by atoms with Gasteiger partial charge in [0.15, 0.2) is 23.0 Å². The predicted molar refractivity (Wildman–Crippen MR) is 160 cm³/mol. The SMILES string of the molecule is COc1ccc(C(C#N)(CC(O)CCNCCc2cc(OC)c(OC)cc2C(=O)NC(C)(C)C)C(C)C)cc1OC. The fourth-order valence-electron chi connectivity index (χ4n) is 4.88. The lowest BCUT2D eigenvalue weighted by molar-refractivity contribution is 0.0918. The molecule has 0 heterocycles. The van der Waals surface area contributed by atoms with Crippen LogP contribution in [0.3, 0.4) is 0 Å². The van der Waals surface area contributed by atoms with Gasteiger partial charge < -0.3 is 34.7 Å². The number of methoxy groups -OCH3 is 4. The molecular weight excluding hydrogens is 522 g/mol. The number of nitrogens with zero attached hydrogens (tertiary/aromatic N) is 1. The quantitative estimate of drug-likeness (QED) is 0.265. The third-order valence-corrected chi connectivity index (χ3v) is 7.21. The van der Waals surface area contributed by atoms with Gasteiger partial charge in [-0.1, -0.05) is 19.9 Å². The van der Waals surface area contributed by atoms with Crippen molar-refractivity contribution < 1.29 is 28.8 Å². The Kier molecular flexibility index (Phi) is 12.3. The Labute approximate surface area is 245 Å². The van der Waals surface area contributed by atoms with E-state index in [2.05, 4.69) is 16.7 Å². The number of nitriles is 1. The maximum atomic E-state index is 13.0. The molecular formula is C32H47N3O6. The largest absolute Gasteiger partial charge is 0.493 e. The summed E-state index contributed by atoms with van der Waals surface area (Å²) in [5.41, 5.74) is 0.864. The normalized spacial score (nSPS) is 13.6. The van der Waals surface area contributed by atoms with Crippen molar-refractivity contribution in [2.45, 2.75) is 70.9 Å². The number of aliphatic hydroxyl groups excluding tert-OH is 1. The van der Waals surface area contributed by atoms with Crippen LogP contribution in [0.15, 0.2) is 30.3 Å². The molecule has 0 aromatic heterocycles. The first-order valence-electron chi connectivity index (χ1n) is 14.0. The second-order valence-electron chi connectivity index (χ2n) is 11.5. The topological polar surface area (TPSA) is 122 Å². The molecule has 1 amide bonds. The summed E-state index contributed by atoms with van der Waals surface area (Å²) in [7, 11) is 6.24. The minimum absolute atomic E-state index is 0.0454. The summed E-state index contributed by atoms with van der Waals surface area (Å²) in [5, 5.41) is 27.7. The fraction of sp³-hybridized carbons (Fsp3) is 0.562. The van der Waals surface area contributed by atoms with E-state index in [1.54, 1.807) is 40.6 Å². The van der Waals surface area contributed by atoms with Gasteiger partial charge >= 0.3 is 0 Å². The number of benzene rings is 2. The van der Waals surface area contributed by atoms with Crippen molar-refractivity contribution in [3.05, 3.63) is 47.0 Å². The van der Waals surface area contributed by atoms with Crippen LogP contribution in [0.4, 0.5) is 0 Å². The molecule has 0 saturated heterocycles. The number of carbonyl (C=O) groups excluding carboxylic acids is 1. The minimum atomic E-state index is -0.895. The molecule has 2 aromatic rings. The molecule has 41 heavy (non-hydrogen) atoms. The van der Waals surface area contributed by atoms with Gasteiger partial charge in [0.1, 0.15) is 0 Å². The number of nitrogens with one attached hydrogen (secondary N) is 2. The van der Waals surface area contributed by atoms with Crippen molar-refractivity contribution in [1.82, 2.24) is 10.6 Å². The monoisotopic (exact) mass is 569 g/mol. The van der Waals surface area contributed by atoms with Gasteiger partial charge in [-0.3, -0.25) is 4.79 Å². The Hall–Kier alpha value is -3.48. The van der Waals surface area contributed by atoms with Crippen molar-refractivity contribution in [3.63, 3.8) is 0 Å². The third-order valence-electron chi connectivity index (χ3n) is 7.21. The zero-order valence-electron chi connectivity index (χ0n) is 26.0. The summed E-state index contributed by atoms with van der Waals surface area (Å²) >= 11 is 0. The molecule has 226 valence electrons. The van der Waals surface area contributed by atoms with Crippen LogP contribution in [-0.4, -0.2) is 64.2 Å². The summed E-state index contributed by atoms with van der Waals surface area (Å²) in [5.74, 6) is 1.96. The lowest BCUT2D eigenvalue weighted by atomic mass is 9.69. The number of aliphatic hydroxyl groups is 1. The van der Waals surface area contributed by atoms with E-state index in [9.17, 15) is 15.2 Å². The van der Waals surface area contributed by atoms with E-state index in [0.29, 0.717) is 54.5 Å². The number of amides is 1. The van der Waals surface area contributed by atoms with E-state index in [0.717, 1.165) is 11.1 Å². The molecule has 9 heteroatoms. The minimum Gasteiger partial charge on any atom is -0.493 e. The number of hydrogen-bond donors (Lipinski definition) is 3. The van der Waals surface area contributed by atoms with Crippen molar-refractivity contribution in [2.24, 2.45) is 5.92 Å². The Morgan fingerprint density at radius 3 is 2.05 bits per heavy atom. The van der Waals surface area contributed by atoms with E-state index in [1.165, 1.54) is 0 Å². The molecule has 0 aliphatic rings. The zero-order valence-corrected chi connectivity index (χ0v) is 26.0. The average Bonchev–Trinajstić information content (AvgIpc) is 2.93. The second kappa shape index (κ2) is 14.9. The van der Waals surface area contributed by atoms with Crippen LogP contribution in [-0.2, 0) is 11.8 Å². The molecule has 9 nitrogen and oxygen atoms in total. The molecule has 0 spiro atoms. The maximum absolute atomic E-state index is 13.0. The highest BCUT2D eigenvalue weighted by Crippen LogP contribution is 2.40. The van der Waals surface area contributed by atoms with Crippen LogP contribution in [0.2, 0.25) is 0 Å². The van der Waals surface area contributed by atoms with Gasteiger partial charge in [-0.2, -0.15) is 5.26 Å². The van der Waals surface area contributed by atoms with E-state index in [-0.39, 0.29) is 23.8 Å². The molecule has 0 saturated carbocycles. The number of ether oxygens (including phenoxy) is 4. The highest BCUT2D eigenvalue weighted by molar-refractivity contribution is 5.97. The number of carbonyl (C=O) groups is 1. The van der Waals surface area contributed by atoms with Crippen molar-refractivity contribution >= 4 is 5.91 Å². The molecule has 3 N–H and O–H groups in total. The maximum Gasteiger partial charge on any atom is 0.252 e. The Morgan fingerprint density at radius 1 is 0.927 bits per heavy atom. The molecule has 0 fully saturated rings. The predicted octanol–water partition coefficient (Wildman–Crippen LogP) is 4.64. The first kappa shape index (κ1) is 33.7. The van der Waals surface area contributed by atoms with E-state index < -0.39 is 11.5 Å². The van der Waals surface area contributed by atoms with Gasteiger partial charge in [0.05, 0.1) is 46.0 Å². The van der Waals surface area contributed by atoms with Gasteiger partial charge in [-0.25, -0.2) is 0 Å². The first-order chi connectivity index (χ1) is 19.3. The molecule has 0 aliphatic carbocycles. The van der Waals surface area contributed by atoms with Gasteiger partial charge in [-0.15, -0.1) is 0 Å². The summed E-state index contributed by atoms with van der Waals surface area (Å²) in [4.78, 5) is 13.0. The Balaban J connectivity index is 2.09. The summed E-state index contributed by atoms with van der Waals surface area (Å²) in [6.45, 7) is 10.9. The standard InChI is InChI=1S/C32H47N3O6/c1-21(2)32(20-33,23-10-11-26(38-6)28(17-23)40-8)19-24(36)13-15-34-14-12-22-16-27(39-7)29(41-9)18-25(22)30(37)35-31(3,4)5/h10-11,16-18,21,24,34,36H,12-15,19H2,1-9H3,(H,35,37). The number of rotatable bonds is 15. The second-order valence-corrected chi connectivity index (χ2v) is 11.5. The fourth-order valence-corrected chi connectivity index (χ4v) is 4.88. The van der Waals surface area contributed by atoms with E-state index >= 15 is 0 Å². The van der Waals surface area contributed by atoms with Crippen LogP contribution in [0.5, 0.6) is 23.0 Å². The van der Waals surface area contributed by atoms with Gasteiger partial charge in [0.25, 0.3) is 5.91 Å². The van der Waals surface area contributed by atoms with Crippen LogP contribution >= 0.6 is 0 Å².